The SMILES string of the molecule is O=C(N[C@@H](C(=O)Nc1ccn[nH]1)c1ccccc1)c1ccco1. The summed E-state index contributed by atoms with van der Waals surface area (Å²) in [5.41, 5.74) is 0.657. The van der Waals surface area contributed by atoms with Gasteiger partial charge in [-0.3, -0.25) is 14.7 Å². The van der Waals surface area contributed by atoms with Gasteiger partial charge in [-0.2, -0.15) is 5.10 Å². The summed E-state index contributed by atoms with van der Waals surface area (Å²) in [5.74, 6) is -0.271. The van der Waals surface area contributed by atoms with Gasteiger partial charge in [-0.05, 0) is 17.7 Å². The summed E-state index contributed by atoms with van der Waals surface area (Å²) in [6.45, 7) is 0. The van der Waals surface area contributed by atoms with E-state index in [1.54, 1.807) is 36.4 Å². The van der Waals surface area contributed by atoms with Crippen molar-refractivity contribution in [2.45, 2.75) is 6.04 Å². The number of benzene rings is 1. The van der Waals surface area contributed by atoms with Crippen LogP contribution in [0.25, 0.3) is 0 Å². The Labute approximate surface area is 131 Å². The van der Waals surface area contributed by atoms with Crippen molar-refractivity contribution in [2.24, 2.45) is 0 Å². The molecule has 0 spiro atoms. The van der Waals surface area contributed by atoms with Gasteiger partial charge in [0.25, 0.3) is 11.8 Å². The molecule has 2 heterocycles. The van der Waals surface area contributed by atoms with Crippen molar-refractivity contribution in [2.75, 3.05) is 5.32 Å². The third kappa shape index (κ3) is 3.46. The normalized spacial score (nSPS) is 11.7. The molecule has 0 aliphatic heterocycles. The molecule has 2 amide bonds. The van der Waals surface area contributed by atoms with Crippen molar-refractivity contribution in [3.63, 3.8) is 0 Å². The summed E-state index contributed by atoms with van der Waals surface area (Å²) >= 11 is 0. The predicted molar refractivity (Wildman–Crippen MR) is 82.6 cm³/mol. The average Bonchev–Trinajstić information content (AvgIpc) is 3.26. The fourth-order valence-corrected chi connectivity index (χ4v) is 2.09. The van der Waals surface area contributed by atoms with Crippen LogP contribution >= 0.6 is 0 Å². The largest absolute Gasteiger partial charge is 0.459 e. The summed E-state index contributed by atoms with van der Waals surface area (Å²) in [6, 6.07) is 12.9. The number of nitrogens with zero attached hydrogens (tertiary/aromatic N) is 1. The Morgan fingerprint density at radius 3 is 2.57 bits per heavy atom. The van der Waals surface area contributed by atoms with Crippen LogP contribution in [-0.4, -0.2) is 22.0 Å². The Balaban J connectivity index is 1.82. The van der Waals surface area contributed by atoms with Crippen LogP contribution in [0.2, 0.25) is 0 Å². The second kappa shape index (κ2) is 6.61. The number of hydrogen-bond acceptors (Lipinski definition) is 4. The van der Waals surface area contributed by atoms with Gasteiger partial charge in [0.15, 0.2) is 5.76 Å². The van der Waals surface area contributed by atoms with E-state index in [4.69, 9.17) is 4.42 Å². The molecule has 23 heavy (non-hydrogen) atoms. The van der Waals surface area contributed by atoms with E-state index in [1.165, 1.54) is 18.5 Å². The monoisotopic (exact) mass is 310 g/mol. The first-order valence-electron chi connectivity index (χ1n) is 6.93. The minimum atomic E-state index is -0.864. The fourth-order valence-electron chi connectivity index (χ4n) is 2.09. The van der Waals surface area contributed by atoms with Gasteiger partial charge in [0.1, 0.15) is 11.9 Å². The maximum atomic E-state index is 12.5. The fraction of sp³-hybridized carbons (Fsp3) is 0.0625. The van der Waals surface area contributed by atoms with Crippen LogP contribution in [-0.2, 0) is 4.79 Å². The van der Waals surface area contributed by atoms with Crippen molar-refractivity contribution >= 4 is 17.6 Å². The van der Waals surface area contributed by atoms with Gasteiger partial charge in [0.2, 0.25) is 0 Å². The Hall–Kier alpha value is -3.35. The lowest BCUT2D eigenvalue weighted by atomic mass is 10.1. The number of hydrogen-bond donors (Lipinski definition) is 3. The van der Waals surface area contributed by atoms with Crippen LogP contribution in [0.5, 0.6) is 0 Å². The highest BCUT2D eigenvalue weighted by molar-refractivity contribution is 6.00. The molecule has 0 bridgehead atoms. The van der Waals surface area contributed by atoms with E-state index in [-0.39, 0.29) is 11.7 Å². The number of aromatic amines is 1. The highest BCUT2D eigenvalue weighted by Gasteiger charge is 2.24. The molecule has 0 fully saturated rings. The van der Waals surface area contributed by atoms with Crippen molar-refractivity contribution in [1.29, 1.82) is 0 Å². The molecule has 7 heteroatoms. The molecule has 0 saturated carbocycles. The first-order chi connectivity index (χ1) is 11.2. The molecule has 1 atom stereocenters. The number of amides is 2. The zero-order chi connectivity index (χ0) is 16.1. The van der Waals surface area contributed by atoms with Gasteiger partial charge in [-0.1, -0.05) is 30.3 Å². The predicted octanol–water partition coefficient (Wildman–Crippen LogP) is 2.11. The van der Waals surface area contributed by atoms with Gasteiger partial charge in [-0.15, -0.1) is 0 Å². The highest BCUT2D eigenvalue weighted by Crippen LogP contribution is 2.16. The maximum Gasteiger partial charge on any atom is 0.287 e. The van der Waals surface area contributed by atoms with E-state index >= 15 is 0 Å². The summed E-state index contributed by atoms with van der Waals surface area (Å²) < 4.78 is 5.06. The summed E-state index contributed by atoms with van der Waals surface area (Å²) in [6.07, 6.45) is 2.92. The van der Waals surface area contributed by atoms with Crippen LogP contribution in [0.15, 0.2) is 65.4 Å². The highest BCUT2D eigenvalue weighted by atomic mass is 16.3. The first kappa shape index (κ1) is 14.6. The molecule has 3 aromatic rings. The zero-order valence-corrected chi connectivity index (χ0v) is 12.0. The van der Waals surface area contributed by atoms with Crippen molar-refractivity contribution in [3.8, 4) is 0 Å². The minimum absolute atomic E-state index is 0.139. The lowest BCUT2D eigenvalue weighted by molar-refractivity contribution is -0.118. The summed E-state index contributed by atoms with van der Waals surface area (Å²) in [4.78, 5) is 24.7. The van der Waals surface area contributed by atoms with Gasteiger partial charge in [0.05, 0.1) is 12.5 Å². The van der Waals surface area contributed by atoms with Gasteiger partial charge >= 0.3 is 0 Å². The standard InChI is InChI=1S/C16H14N4O3/c21-15(12-7-4-10-23-12)19-14(11-5-2-1-3-6-11)16(22)18-13-8-9-17-20-13/h1-10,14H,(H,19,21)(H2,17,18,20,22)/t14-/m1/s1. The first-order valence-corrected chi connectivity index (χ1v) is 6.93. The molecular weight excluding hydrogens is 296 g/mol. The zero-order valence-electron chi connectivity index (χ0n) is 12.0. The van der Waals surface area contributed by atoms with E-state index in [0.29, 0.717) is 11.4 Å². The molecule has 0 aliphatic carbocycles. The van der Waals surface area contributed by atoms with Crippen LogP contribution in [0, 0.1) is 0 Å². The number of furan rings is 1. The second-order valence-electron chi connectivity index (χ2n) is 4.75. The van der Waals surface area contributed by atoms with E-state index in [0.717, 1.165) is 0 Å². The molecule has 116 valence electrons. The van der Waals surface area contributed by atoms with Gasteiger partial charge in [0, 0.05) is 6.07 Å². The number of carbonyl (C=O) groups excluding carboxylic acids is 2. The van der Waals surface area contributed by atoms with Crippen molar-refractivity contribution in [3.05, 3.63) is 72.3 Å². The number of nitrogens with one attached hydrogen (secondary N) is 3. The number of anilines is 1. The van der Waals surface area contributed by atoms with Crippen LogP contribution in [0.4, 0.5) is 5.82 Å². The molecular formula is C16H14N4O3. The Bertz CT molecular complexity index is 767. The van der Waals surface area contributed by atoms with Gasteiger partial charge < -0.3 is 15.1 Å². The number of rotatable bonds is 5. The average molecular weight is 310 g/mol. The lowest BCUT2D eigenvalue weighted by Gasteiger charge is -2.17. The molecule has 2 aromatic heterocycles. The summed E-state index contributed by atoms with van der Waals surface area (Å²) in [7, 11) is 0. The number of H-pyrrole nitrogens is 1. The third-order valence-corrected chi connectivity index (χ3v) is 3.17. The van der Waals surface area contributed by atoms with Crippen molar-refractivity contribution in [1.82, 2.24) is 15.5 Å². The molecule has 0 saturated heterocycles. The molecule has 0 unspecified atom stereocenters. The topological polar surface area (TPSA) is 100 Å². The molecule has 3 N–H and O–H groups in total. The third-order valence-electron chi connectivity index (χ3n) is 3.17. The number of aromatic nitrogens is 2. The minimum Gasteiger partial charge on any atom is -0.459 e. The van der Waals surface area contributed by atoms with Crippen LogP contribution < -0.4 is 10.6 Å². The lowest BCUT2D eigenvalue weighted by Crippen LogP contribution is -2.36. The molecule has 0 radical (unpaired) electrons. The molecule has 1 aromatic carbocycles. The quantitative estimate of drug-likeness (QED) is 0.672. The van der Waals surface area contributed by atoms with E-state index in [1.807, 2.05) is 6.07 Å². The molecule has 7 nitrogen and oxygen atoms in total. The maximum absolute atomic E-state index is 12.5. The smallest absolute Gasteiger partial charge is 0.287 e. The summed E-state index contributed by atoms with van der Waals surface area (Å²) in [5, 5.41) is 11.7. The number of carbonyl (C=O) groups is 2. The van der Waals surface area contributed by atoms with Gasteiger partial charge in [-0.25, -0.2) is 0 Å². The Morgan fingerprint density at radius 1 is 1.09 bits per heavy atom. The Kier molecular flexibility index (Phi) is 4.19. The molecule has 3 rings (SSSR count). The van der Waals surface area contributed by atoms with Crippen LogP contribution in [0.3, 0.4) is 0 Å². The van der Waals surface area contributed by atoms with Crippen LogP contribution in [0.1, 0.15) is 22.2 Å². The second-order valence-corrected chi connectivity index (χ2v) is 4.75. The van der Waals surface area contributed by atoms with E-state index < -0.39 is 11.9 Å². The van der Waals surface area contributed by atoms with E-state index in [9.17, 15) is 9.59 Å². The molecule has 0 aliphatic rings. The Morgan fingerprint density at radius 2 is 1.91 bits per heavy atom. The van der Waals surface area contributed by atoms with E-state index in [2.05, 4.69) is 20.8 Å². The van der Waals surface area contributed by atoms with Crippen molar-refractivity contribution < 1.29 is 14.0 Å².